The van der Waals surface area contributed by atoms with Crippen molar-refractivity contribution in [3.8, 4) is 0 Å². The number of hydrogen-bond acceptors (Lipinski definition) is 8. The van der Waals surface area contributed by atoms with Crippen LogP contribution in [0, 0.1) is 11.8 Å². The van der Waals surface area contributed by atoms with Gasteiger partial charge in [0.1, 0.15) is 11.6 Å². The summed E-state index contributed by atoms with van der Waals surface area (Å²) in [6, 6.07) is 0. The van der Waals surface area contributed by atoms with Crippen LogP contribution in [0.5, 0.6) is 0 Å². The molecule has 0 bridgehead atoms. The van der Waals surface area contributed by atoms with Gasteiger partial charge in [0.05, 0.1) is 23.8 Å². The van der Waals surface area contributed by atoms with Crippen LogP contribution in [0.3, 0.4) is 0 Å². The van der Waals surface area contributed by atoms with Crippen molar-refractivity contribution in [3.05, 3.63) is 0 Å². The van der Waals surface area contributed by atoms with Gasteiger partial charge in [0.15, 0.2) is 0 Å². The first-order valence-electron chi connectivity index (χ1n) is 7.58. The van der Waals surface area contributed by atoms with E-state index in [0.29, 0.717) is 13.2 Å². The van der Waals surface area contributed by atoms with E-state index in [1.165, 1.54) is 27.7 Å². The van der Waals surface area contributed by atoms with Gasteiger partial charge >= 0.3 is 21.7 Å². The quantitative estimate of drug-likeness (QED) is 0.413. The van der Waals surface area contributed by atoms with Gasteiger partial charge < -0.3 is 30.0 Å². The molecule has 0 saturated heterocycles. The Kier molecular flexibility index (Phi) is 35.3. The Morgan fingerprint density at radius 2 is 0.920 bits per heavy atom. The second-order valence-corrected chi connectivity index (χ2v) is 4.75. The summed E-state index contributed by atoms with van der Waals surface area (Å²) >= 11 is 0. The number of aliphatic hydroxyl groups excluding tert-OH is 2. The summed E-state index contributed by atoms with van der Waals surface area (Å²) in [7, 11) is 0. The first kappa shape index (κ1) is 35.1. The molecular formula is C16H30O8Ti. The summed E-state index contributed by atoms with van der Waals surface area (Å²) in [5, 5.41) is 35.4. The van der Waals surface area contributed by atoms with Crippen molar-refractivity contribution >= 4 is 23.5 Å². The predicted molar refractivity (Wildman–Crippen MR) is 84.5 cm³/mol. The molecule has 0 aromatic carbocycles. The molecule has 0 spiro atoms. The van der Waals surface area contributed by atoms with Crippen LogP contribution in [0.2, 0.25) is 0 Å². The van der Waals surface area contributed by atoms with Crippen LogP contribution in [0.1, 0.15) is 54.4 Å². The topological polar surface area (TPSA) is 155 Å². The zero-order valence-electron chi connectivity index (χ0n) is 15.8. The van der Waals surface area contributed by atoms with E-state index in [-0.39, 0.29) is 33.3 Å². The number of aliphatic hydroxyl groups is 2. The van der Waals surface area contributed by atoms with Gasteiger partial charge in [-0.1, -0.05) is 27.7 Å². The maximum atomic E-state index is 10.2. The average Bonchev–Trinajstić information content (AvgIpc) is 2.53. The van der Waals surface area contributed by atoms with Gasteiger partial charge in [-0.25, -0.2) is 0 Å². The van der Waals surface area contributed by atoms with Gasteiger partial charge in [-0.3, -0.25) is 9.59 Å². The Morgan fingerprint density at radius 3 is 0.920 bits per heavy atom. The summed E-state index contributed by atoms with van der Waals surface area (Å²) in [6.07, 6.45) is 1.75. The molecule has 2 atom stereocenters. The second-order valence-electron chi connectivity index (χ2n) is 4.75. The van der Waals surface area contributed by atoms with Crippen LogP contribution in [0.25, 0.3) is 0 Å². The van der Waals surface area contributed by atoms with Crippen molar-refractivity contribution in [1.29, 1.82) is 0 Å². The summed E-state index contributed by atoms with van der Waals surface area (Å²) in [5.74, 6) is -5.28. The molecule has 8 nitrogen and oxygen atoms in total. The number of hydrogen-bond donors (Lipinski definition) is 2. The minimum atomic E-state index is -1.31. The monoisotopic (exact) mass is 398 g/mol. The van der Waals surface area contributed by atoms with Gasteiger partial charge in [-0.2, -0.15) is 0 Å². The molecule has 0 saturated carbocycles. The molecule has 2 N–H and O–H groups in total. The van der Waals surface area contributed by atoms with E-state index < -0.39 is 23.8 Å². The van der Waals surface area contributed by atoms with Gasteiger partial charge in [0, 0.05) is 13.2 Å². The normalized spacial score (nSPS) is 10.6. The fourth-order valence-corrected chi connectivity index (χ4v) is 0.332. The van der Waals surface area contributed by atoms with Crippen molar-refractivity contribution in [2.24, 2.45) is 11.8 Å². The molecule has 0 aliphatic heterocycles. The number of carbonyl (C=O) groups excluding carboxylic acids is 4. The largest absolute Gasteiger partial charge is 2.00 e. The number of carbonyl (C=O) groups is 4. The summed E-state index contributed by atoms with van der Waals surface area (Å²) in [4.78, 5) is 39.9. The fourth-order valence-electron chi connectivity index (χ4n) is 0.332. The van der Waals surface area contributed by atoms with E-state index in [1.807, 2.05) is 13.8 Å². The van der Waals surface area contributed by atoms with Crippen LogP contribution in [-0.2, 0) is 40.9 Å². The van der Waals surface area contributed by atoms with Crippen molar-refractivity contribution in [2.75, 3.05) is 13.2 Å². The van der Waals surface area contributed by atoms with Crippen molar-refractivity contribution in [2.45, 2.75) is 54.4 Å². The number of aliphatic carboxylic acids is 2. The third-order valence-electron chi connectivity index (χ3n) is 2.37. The Bertz CT molecular complexity index is 292. The zero-order valence-corrected chi connectivity index (χ0v) is 17.4. The maximum absolute atomic E-state index is 10.2. The first-order valence-corrected chi connectivity index (χ1v) is 7.58. The number of carboxylic acids is 2. The maximum Gasteiger partial charge on any atom is 2.00 e. The third kappa shape index (κ3) is 35.0. The molecule has 0 aliphatic carbocycles. The standard InChI is InChI=1S/2C5H8O3.2C3H8O.Ti/c2*1-3(4(2)6)5(7)8;2*1-2-3-4;/h2*3H,1-2H3,(H,7,8);2*4H,2-3H2,1H3;/q;;;;+2/p-2. The van der Waals surface area contributed by atoms with Gasteiger partial charge in [0.25, 0.3) is 0 Å². The molecule has 0 amide bonds. The molecule has 0 fully saturated rings. The van der Waals surface area contributed by atoms with Crippen LogP contribution in [0.4, 0.5) is 0 Å². The fraction of sp³-hybridized carbons (Fsp3) is 0.750. The van der Waals surface area contributed by atoms with Crippen molar-refractivity contribution < 1.29 is 61.3 Å². The number of carboxylic acid groups (broad SMARTS) is 2. The minimum absolute atomic E-state index is 0. The number of rotatable bonds is 6. The van der Waals surface area contributed by atoms with Gasteiger partial charge in [0.2, 0.25) is 0 Å². The Labute approximate surface area is 164 Å². The predicted octanol–water partition coefficient (Wildman–Crippen LogP) is -1.30. The number of ketones is 2. The summed E-state index contributed by atoms with van der Waals surface area (Å²) in [6.45, 7) is 9.55. The smallest absolute Gasteiger partial charge is 0.549 e. The molecule has 25 heavy (non-hydrogen) atoms. The molecule has 146 valence electrons. The molecule has 2 unspecified atom stereocenters. The van der Waals surface area contributed by atoms with E-state index in [1.54, 1.807) is 0 Å². The zero-order chi connectivity index (χ0) is 20.3. The molecular weight excluding hydrogens is 368 g/mol. The van der Waals surface area contributed by atoms with Crippen molar-refractivity contribution in [3.63, 3.8) is 0 Å². The molecule has 0 aliphatic rings. The van der Waals surface area contributed by atoms with E-state index in [4.69, 9.17) is 10.2 Å². The minimum Gasteiger partial charge on any atom is -0.549 e. The average molecular weight is 398 g/mol. The van der Waals surface area contributed by atoms with Gasteiger partial charge in [-0.15, -0.1) is 0 Å². The second kappa shape index (κ2) is 25.2. The van der Waals surface area contributed by atoms with E-state index in [0.717, 1.165) is 12.8 Å². The third-order valence-corrected chi connectivity index (χ3v) is 2.37. The summed E-state index contributed by atoms with van der Waals surface area (Å²) in [5.41, 5.74) is 0. The SMILES string of the molecule is CC(=O)C(C)C(=O)[O-].CC(=O)C(C)C(=O)[O-].CCCO.CCCO.[Ti+2]. The van der Waals surface area contributed by atoms with Crippen molar-refractivity contribution in [1.82, 2.24) is 0 Å². The van der Waals surface area contributed by atoms with Crippen LogP contribution < -0.4 is 10.2 Å². The molecule has 0 aromatic rings. The van der Waals surface area contributed by atoms with Crippen LogP contribution in [-0.4, -0.2) is 46.9 Å². The molecule has 0 rings (SSSR count). The van der Waals surface area contributed by atoms with E-state index in [2.05, 4.69) is 0 Å². The van der Waals surface area contributed by atoms with E-state index >= 15 is 0 Å². The molecule has 0 heterocycles. The van der Waals surface area contributed by atoms with Crippen LogP contribution >= 0.6 is 0 Å². The number of Topliss-reactive ketones (excluding diaryl/α,β-unsaturated/α-hetero) is 2. The van der Waals surface area contributed by atoms with E-state index in [9.17, 15) is 29.4 Å². The van der Waals surface area contributed by atoms with Gasteiger partial charge in [-0.05, 0) is 26.7 Å². The van der Waals surface area contributed by atoms with Crippen LogP contribution in [0.15, 0.2) is 0 Å². The Hall–Kier alpha value is -1.09. The summed E-state index contributed by atoms with van der Waals surface area (Å²) < 4.78 is 0. The molecule has 0 aromatic heterocycles. The first-order chi connectivity index (χ1) is 10.9. The Balaban J connectivity index is -0.0000000739. The molecule has 0 radical (unpaired) electrons. The Morgan fingerprint density at radius 1 is 0.760 bits per heavy atom. The molecule has 9 heteroatoms.